The number of carbonyl (C=O) groups is 4. The van der Waals surface area contributed by atoms with Gasteiger partial charge in [0.05, 0.1) is 37.3 Å². The van der Waals surface area contributed by atoms with Crippen LogP contribution in [-0.4, -0.2) is 101 Å². The molecule has 36 heavy (non-hydrogen) atoms. The van der Waals surface area contributed by atoms with Gasteiger partial charge in [0.1, 0.15) is 52.4 Å². The lowest BCUT2D eigenvalue weighted by molar-refractivity contribution is -1.02. The molecule has 4 amide bonds. The predicted molar refractivity (Wildman–Crippen MR) is 132 cm³/mol. The Morgan fingerprint density at radius 3 is 1.25 bits per heavy atom. The van der Waals surface area contributed by atoms with Gasteiger partial charge in [0, 0.05) is 0 Å². The number of nitrogens with zero attached hydrogens (tertiary/aromatic N) is 2. The number of quaternary nitrogens is 4. The summed E-state index contributed by atoms with van der Waals surface area (Å²) in [7, 11) is 0. The Morgan fingerprint density at radius 2 is 0.944 bits per heavy atom. The number of piperazine rings is 2. The van der Waals surface area contributed by atoms with E-state index in [-0.39, 0.29) is 48.6 Å². The van der Waals surface area contributed by atoms with E-state index < -0.39 is 0 Å². The molecule has 4 aliphatic heterocycles. The number of hydrogen-bond acceptors (Lipinski definition) is 4. The van der Waals surface area contributed by atoms with E-state index in [0.717, 1.165) is 65.4 Å². The van der Waals surface area contributed by atoms with Crippen molar-refractivity contribution >= 4 is 35.0 Å². The average molecular weight is 501 g/mol. The molecule has 1 aromatic carbocycles. The predicted octanol–water partition coefficient (Wildman–Crippen LogP) is -5.44. The smallest absolute Gasteiger partial charge is 0.292 e. The van der Waals surface area contributed by atoms with E-state index in [1.54, 1.807) is 34.1 Å². The molecule has 0 bridgehead atoms. The molecule has 194 valence electrons. The Hall–Kier alpha value is -2.66. The molecule has 2 atom stereocenters. The second kappa shape index (κ2) is 10.4. The molecule has 0 saturated carbocycles. The minimum atomic E-state index is -0.323. The number of amides is 4. The SMILES string of the molecule is CC[NH+]1CC[NH+]([C@@H]2CC(=O)N(c3ccc(N4C(=O)C[C@@H]([NH+]5CC[NH+](CC)CC5)C4=O)cc3)C2=O)CC1. The van der Waals surface area contributed by atoms with Gasteiger partial charge < -0.3 is 19.6 Å². The first-order valence-electron chi connectivity index (χ1n) is 13.6. The minimum absolute atomic E-state index is 0.145. The molecule has 4 aliphatic rings. The third-order valence-corrected chi connectivity index (χ3v) is 8.84. The number of rotatable bonds is 6. The van der Waals surface area contributed by atoms with E-state index in [1.807, 2.05) is 0 Å². The van der Waals surface area contributed by atoms with E-state index in [0.29, 0.717) is 11.4 Å². The standard InChI is InChI=1S/C26H36N6O4/c1-3-27-9-13-29(14-10-27)21-17-23(33)31(25(21)35)19-5-7-20(8-6-19)32-24(34)18-22(26(32)36)30-15-11-28(4-2)12-16-30/h5-8,21-22H,3-4,9-18H2,1-2H3/p+4/t21-,22-/m1/s1. The van der Waals surface area contributed by atoms with Crippen molar-refractivity contribution in [1.82, 2.24) is 0 Å². The third-order valence-electron chi connectivity index (χ3n) is 8.84. The molecule has 5 rings (SSSR count). The molecule has 0 unspecified atom stereocenters. The molecule has 0 radical (unpaired) electrons. The second-order valence-electron chi connectivity index (χ2n) is 10.7. The van der Waals surface area contributed by atoms with E-state index in [4.69, 9.17) is 0 Å². The molecule has 0 spiro atoms. The zero-order chi connectivity index (χ0) is 25.4. The molecular formula is C26H40N6O4+4. The Balaban J connectivity index is 1.25. The van der Waals surface area contributed by atoms with Crippen LogP contribution in [0.5, 0.6) is 0 Å². The second-order valence-corrected chi connectivity index (χ2v) is 10.7. The van der Waals surface area contributed by atoms with Crippen LogP contribution in [0.25, 0.3) is 0 Å². The summed E-state index contributed by atoms with van der Waals surface area (Å²) in [6, 6.07) is 6.10. The summed E-state index contributed by atoms with van der Waals surface area (Å²) in [5.41, 5.74) is 1.02. The molecule has 10 nitrogen and oxygen atoms in total. The minimum Gasteiger partial charge on any atom is -0.326 e. The average Bonchev–Trinajstić information content (AvgIpc) is 3.38. The zero-order valence-electron chi connectivity index (χ0n) is 21.5. The lowest BCUT2D eigenvalue weighted by atomic mass is 10.1. The first-order chi connectivity index (χ1) is 17.4. The number of imide groups is 2. The fraction of sp³-hybridized carbons (Fsp3) is 0.615. The van der Waals surface area contributed by atoms with Gasteiger partial charge in [0.15, 0.2) is 12.1 Å². The van der Waals surface area contributed by atoms with E-state index >= 15 is 0 Å². The van der Waals surface area contributed by atoms with Crippen molar-refractivity contribution in [1.29, 1.82) is 0 Å². The normalized spacial score (nSPS) is 33.6. The van der Waals surface area contributed by atoms with Crippen LogP contribution in [0.3, 0.4) is 0 Å². The molecule has 0 aromatic heterocycles. The summed E-state index contributed by atoms with van der Waals surface area (Å²) in [4.78, 5) is 60.2. The molecule has 10 heteroatoms. The first-order valence-corrected chi connectivity index (χ1v) is 13.6. The summed E-state index contributed by atoms with van der Waals surface area (Å²) >= 11 is 0. The van der Waals surface area contributed by atoms with Crippen LogP contribution in [0, 0.1) is 0 Å². The van der Waals surface area contributed by atoms with Crippen molar-refractivity contribution in [2.24, 2.45) is 0 Å². The topological polar surface area (TPSA) is 92.5 Å². The van der Waals surface area contributed by atoms with E-state index in [1.165, 1.54) is 19.6 Å². The van der Waals surface area contributed by atoms with E-state index in [9.17, 15) is 19.2 Å². The zero-order valence-corrected chi connectivity index (χ0v) is 21.5. The van der Waals surface area contributed by atoms with Crippen molar-refractivity contribution in [2.75, 3.05) is 75.2 Å². The van der Waals surface area contributed by atoms with Crippen molar-refractivity contribution in [3.63, 3.8) is 0 Å². The molecule has 4 saturated heterocycles. The van der Waals surface area contributed by atoms with Gasteiger partial charge in [-0.1, -0.05) is 0 Å². The maximum Gasteiger partial charge on any atom is 0.292 e. The van der Waals surface area contributed by atoms with Gasteiger partial charge in [-0.25, -0.2) is 9.80 Å². The van der Waals surface area contributed by atoms with Gasteiger partial charge in [-0.3, -0.25) is 19.2 Å². The van der Waals surface area contributed by atoms with Gasteiger partial charge in [-0.2, -0.15) is 0 Å². The number of benzene rings is 1. The highest BCUT2D eigenvalue weighted by Crippen LogP contribution is 2.27. The van der Waals surface area contributed by atoms with Crippen LogP contribution in [0.2, 0.25) is 0 Å². The Bertz CT molecular complexity index is 933. The first kappa shape index (κ1) is 25.0. The lowest BCUT2D eigenvalue weighted by Gasteiger charge is -2.31. The summed E-state index contributed by atoms with van der Waals surface area (Å²) < 4.78 is 0. The van der Waals surface area contributed by atoms with Crippen LogP contribution in [0.1, 0.15) is 26.7 Å². The molecule has 4 fully saturated rings. The highest BCUT2D eigenvalue weighted by atomic mass is 16.2. The highest BCUT2D eigenvalue weighted by molar-refractivity contribution is 6.23. The Morgan fingerprint density at radius 1 is 0.611 bits per heavy atom. The third kappa shape index (κ3) is 4.58. The number of likely N-dealkylation sites (N-methyl/N-ethyl adjacent to an activating group) is 2. The van der Waals surface area contributed by atoms with Gasteiger partial charge in [-0.05, 0) is 38.1 Å². The van der Waals surface area contributed by atoms with Crippen molar-refractivity contribution in [2.45, 2.75) is 38.8 Å². The quantitative estimate of drug-likeness (QED) is 0.294. The monoisotopic (exact) mass is 500 g/mol. The van der Waals surface area contributed by atoms with Crippen molar-refractivity contribution in [3.05, 3.63) is 24.3 Å². The number of carbonyl (C=O) groups excluding carboxylic acids is 4. The van der Waals surface area contributed by atoms with Gasteiger partial charge in [-0.15, -0.1) is 0 Å². The lowest BCUT2D eigenvalue weighted by Crippen LogP contribution is -3.29. The summed E-state index contributed by atoms with van der Waals surface area (Å²) in [6.07, 6.45) is 0.468. The number of nitrogens with one attached hydrogen (secondary N) is 4. The highest BCUT2D eigenvalue weighted by Gasteiger charge is 2.48. The molecular weight excluding hydrogens is 460 g/mol. The van der Waals surface area contributed by atoms with Crippen molar-refractivity contribution < 1.29 is 38.8 Å². The van der Waals surface area contributed by atoms with Crippen LogP contribution >= 0.6 is 0 Å². The fourth-order valence-corrected chi connectivity index (χ4v) is 6.45. The van der Waals surface area contributed by atoms with Gasteiger partial charge >= 0.3 is 0 Å². The maximum absolute atomic E-state index is 13.2. The summed E-state index contributed by atoms with van der Waals surface area (Å²) in [5.74, 6) is -0.650. The molecule has 4 N–H and O–H groups in total. The number of hydrogen-bond donors (Lipinski definition) is 4. The summed E-state index contributed by atoms with van der Waals surface area (Å²) in [5, 5.41) is 0. The molecule has 4 heterocycles. The number of anilines is 2. The van der Waals surface area contributed by atoms with Crippen LogP contribution in [0.15, 0.2) is 24.3 Å². The van der Waals surface area contributed by atoms with Crippen molar-refractivity contribution in [3.8, 4) is 0 Å². The molecule has 0 aliphatic carbocycles. The maximum atomic E-state index is 13.2. The summed E-state index contributed by atoms with van der Waals surface area (Å²) in [6.45, 7) is 14.2. The Labute approximate surface area is 212 Å². The molecule has 1 aromatic rings. The Kier molecular flexibility index (Phi) is 7.21. The van der Waals surface area contributed by atoms with E-state index in [2.05, 4.69) is 13.8 Å². The van der Waals surface area contributed by atoms with Crippen LogP contribution < -0.4 is 29.4 Å². The largest absolute Gasteiger partial charge is 0.326 e. The van der Waals surface area contributed by atoms with Gasteiger partial charge in [0.25, 0.3) is 11.8 Å². The van der Waals surface area contributed by atoms with Gasteiger partial charge in [0.2, 0.25) is 11.8 Å². The fourth-order valence-electron chi connectivity index (χ4n) is 6.45. The van der Waals surface area contributed by atoms with Crippen LogP contribution in [-0.2, 0) is 19.2 Å². The van der Waals surface area contributed by atoms with Crippen LogP contribution in [0.4, 0.5) is 11.4 Å².